The first-order chi connectivity index (χ1) is 6.02. The number of halogens is 2. The van der Waals surface area contributed by atoms with E-state index in [1.807, 2.05) is 0 Å². The number of ether oxygens (including phenoxy) is 1. The number of hydrogen-bond acceptors (Lipinski definition) is 2. The minimum absolute atomic E-state index is 0.0990. The second kappa shape index (κ2) is 4.52. The normalized spacial score (nSPS) is 20.7. The van der Waals surface area contributed by atoms with Gasteiger partial charge in [-0.2, -0.15) is 4.99 Å². The molecule has 0 bridgehead atoms. The van der Waals surface area contributed by atoms with Crippen LogP contribution in [-0.4, -0.2) is 29.2 Å². The molecule has 6 heteroatoms. The molecule has 0 aliphatic carbocycles. The standard InChI is InChI=1S/C7H11Br2N3O/c1-7(3-13-4-7)2-11-6(9)12-5(8)10/h2-4H2,1H3,(H2,10,11,12). The van der Waals surface area contributed by atoms with Crippen LogP contribution in [0.25, 0.3) is 0 Å². The smallest absolute Gasteiger partial charge is 0.191 e. The van der Waals surface area contributed by atoms with Gasteiger partial charge in [-0.25, -0.2) is 0 Å². The summed E-state index contributed by atoms with van der Waals surface area (Å²) in [6, 6.07) is 0. The summed E-state index contributed by atoms with van der Waals surface area (Å²) in [4.78, 5) is 3.82. The Morgan fingerprint density at radius 1 is 1.62 bits per heavy atom. The number of hydrogen-bond donors (Lipinski definition) is 2. The summed E-state index contributed by atoms with van der Waals surface area (Å²) in [5.41, 5.74) is 0.211. The van der Waals surface area contributed by atoms with E-state index in [-0.39, 0.29) is 10.2 Å². The van der Waals surface area contributed by atoms with Crippen LogP contribution >= 0.6 is 31.9 Å². The molecule has 1 heterocycles. The van der Waals surface area contributed by atoms with Gasteiger partial charge in [0.15, 0.2) is 9.49 Å². The Morgan fingerprint density at radius 3 is 2.62 bits per heavy atom. The van der Waals surface area contributed by atoms with Crippen molar-refractivity contribution in [2.24, 2.45) is 10.4 Å². The summed E-state index contributed by atoms with van der Waals surface area (Å²) >= 11 is 6.14. The highest BCUT2D eigenvalue weighted by Gasteiger charge is 2.33. The van der Waals surface area contributed by atoms with Crippen LogP contribution in [0.15, 0.2) is 4.99 Å². The van der Waals surface area contributed by atoms with Crippen molar-refractivity contribution in [2.45, 2.75) is 6.92 Å². The Hall–Kier alpha value is 0.0600. The Labute approximate surface area is 93.9 Å². The minimum atomic E-state index is 0.0990. The van der Waals surface area contributed by atoms with Gasteiger partial charge in [0.1, 0.15) is 0 Å². The van der Waals surface area contributed by atoms with Gasteiger partial charge >= 0.3 is 0 Å². The maximum atomic E-state index is 7.05. The van der Waals surface area contributed by atoms with Gasteiger partial charge in [-0.15, -0.1) is 0 Å². The number of nitrogens with zero attached hydrogens (tertiary/aromatic N) is 1. The van der Waals surface area contributed by atoms with Crippen LogP contribution < -0.4 is 5.32 Å². The summed E-state index contributed by atoms with van der Waals surface area (Å²) in [5, 5.41) is 10.1. The molecule has 0 spiro atoms. The van der Waals surface area contributed by atoms with Crippen molar-refractivity contribution in [1.29, 1.82) is 5.41 Å². The van der Waals surface area contributed by atoms with E-state index in [2.05, 4.69) is 49.1 Å². The molecule has 0 atom stereocenters. The van der Waals surface area contributed by atoms with Crippen LogP contribution in [0.4, 0.5) is 0 Å². The van der Waals surface area contributed by atoms with E-state index in [0.717, 1.165) is 19.8 Å². The Morgan fingerprint density at radius 2 is 2.23 bits per heavy atom. The largest absolute Gasteiger partial charge is 0.380 e. The lowest BCUT2D eigenvalue weighted by Crippen LogP contribution is -2.47. The van der Waals surface area contributed by atoms with E-state index in [1.165, 1.54) is 0 Å². The molecule has 0 aromatic heterocycles. The average Bonchev–Trinajstić information content (AvgIpc) is 1.96. The molecule has 1 aliphatic rings. The van der Waals surface area contributed by atoms with Crippen molar-refractivity contribution in [1.82, 2.24) is 5.32 Å². The lowest BCUT2D eigenvalue weighted by molar-refractivity contribution is -0.0969. The van der Waals surface area contributed by atoms with Crippen LogP contribution in [0.5, 0.6) is 0 Å². The van der Waals surface area contributed by atoms with Crippen LogP contribution in [-0.2, 0) is 4.74 Å². The molecular formula is C7H11Br2N3O. The third kappa shape index (κ3) is 3.74. The molecule has 74 valence electrons. The number of aliphatic imine (C=N–C) groups is 1. The fourth-order valence-electron chi connectivity index (χ4n) is 0.965. The van der Waals surface area contributed by atoms with Crippen molar-refractivity contribution in [3.63, 3.8) is 0 Å². The van der Waals surface area contributed by atoms with Crippen molar-refractivity contribution in [3.8, 4) is 0 Å². The van der Waals surface area contributed by atoms with E-state index in [9.17, 15) is 0 Å². The molecule has 1 rings (SSSR count). The van der Waals surface area contributed by atoms with Gasteiger partial charge in [0.05, 0.1) is 13.2 Å². The maximum absolute atomic E-state index is 7.05. The van der Waals surface area contributed by atoms with Gasteiger partial charge in [-0.3, -0.25) is 5.41 Å². The molecule has 0 radical (unpaired) electrons. The average molecular weight is 313 g/mol. The van der Waals surface area contributed by atoms with Gasteiger partial charge < -0.3 is 10.1 Å². The third-order valence-corrected chi connectivity index (χ3v) is 2.39. The molecule has 0 saturated carbocycles. The minimum Gasteiger partial charge on any atom is -0.380 e. The number of nitrogens with one attached hydrogen (secondary N) is 2. The summed E-state index contributed by atoms with van der Waals surface area (Å²) < 4.78 is 5.78. The molecule has 1 saturated heterocycles. The van der Waals surface area contributed by atoms with Gasteiger partial charge in [0.2, 0.25) is 0 Å². The lowest BCUT2D eigenvalue weighted by atomic mass is 9.89. The zero-order chi connectivity index (χ0) is 9.90. The summed E-state index contributed by atoms with van der Waals surface area (Å²) in [6.07, 6.45) is 0. The SMILES string of the molecule is CC1(CN/C(Br)=N\C(=N)Br)COC1. The molecular weight excluding hydrogens is 302 g/mol. The van der Waals surface area contributed by atoms with Crippen LogP contribution in [0.3, 0.4) is 0 Å². The molecule has 0 aromatic carbocycles. The summed E-state index contributed by atoms with van der Waals surface area (Å²) in [7, 11) is 0. The van der Waals surface area contributed by atoms with E-state index in [1.54, 1.807) is 0 Å². The van der Waals surface area contributed by atoms with Crippen molar-refractivity contribution >= 4 is 41.3 Å². The first-order valence-electron chi connectivity index (χ1n) is 3.82. The van der Waals surface area contributed by atoms with Gasteiger partial charge in [-0.1, -0.05) is 6.92 Å². The predicted molar refractivity (Wildman–Crippen MR) is 59.9 cm³/mol. The summed E-state index contributed by atoms with van der Waals surface area (Å²) in [5.74, 6) is 0. The van der Waals surface area contributed by atoms with E-state index in [0.29, 0.717) is 4.74 Å². The molecule has 0 aromatic rings. The highest BCUT2D eigenvalue weighted by molar-refractivity contribution is 9.19. The topological polar surface area (TPSA) is 57.5 Å². The highest BCUT2D eigenvalue weighted by Crippen LogP contribution is 2.25. The van der Waals surface area contributed by atoms with Crippen LogP contribution in [0.2, 0.25) is 0 Å². The Balaban J connectivity index is 2.29. The fourth-order valence-corrected chi connectivity index (χ4v) is 1.70. The first-order valence-corrected chi connectivity index (χ1v) is 5.40. The van der Waals surface area contributed by atoms with Gasteiger partial charge in [0, 0.05) is 12.0 Å². The van der Waals surface area contributed by atoms with E-state index >= 15 is 0 Å². The second-order valence-electron chi connectivity index (χ2n) is 3.35. The van der Waals surface area contributed by atoms with Gasteiger partial charge in [-0.05, 0) is 31.9 Å². The molecule has 0 unspecified atom stereocenters. The monoisotopic (exact) mass is 311 g/mol. The molecule has 0 amide bonds. The van der Waals surface area contributed by atoms with Crippen molar-refractivity contribution < 1.29 is 4.74 Å². The number of rotatable bonds is 2. The molecule has 1 fully saturated rings. The fraction of sp³-hybridized carbons (Fsp3) is 0.714. The van der Waals surface area contributed by atoms with Gasteiger partial charge in [0.25, 0.3) is 0 Å². The zero-order valence-electron chi connectivity index (χ0n) is 7.23. The molecule has 1 aliphatic heterocycles. The van der Waals surface area contributed by atoms with E-state index < -0.39 is 0 Å². The first kappa shape index (κ1) is 11.1. The molecule has 13 heavy (non-hydrogen) atoms. The zero-order valence-corrected chi connectivity index (χ0v) is 10.4. The quantitative estimate of drug-likeness (QED) is 0.463. The van der Waals surface area contributed by atoms with Crippen molar-refractivity contribution in [2.75, 3.05) is 19.8 Å². The molecule has 4 nitrogen and oxygen atoms in total. The number of amidine groups is 2. The molecule has 2 N–H and O–H groups in total. The second-order valence-corrected chi connectivity index (χ2v) is 4.85. The lowest BCUT2D eigenvalue weighted by Gasteiger charge is -2.38. The summed E-state index contributed by atoms with van der Waals surface area (Å²) in [6.45, 7) is 4.51. The predicted octanol–water partition coefficient (Wildman–Crippen LogP) is 1.69. The highest BCUT2D eigenvalue weighted by atomic mass is 79.9. The Bertz CT molecular complexity index is 238. The Kier molecular flexibility index (Phi) is 3.87. The van der Waals surface area contributed by atoms with Crippen LogP contribution in [0, 0.1) is 10.8 Å². The maximum Gasteiger partial charge on any atom is 0.191 e. The third-order valence-electron chi connectivity index (χ3n) is 1.76. The van der Waals surface area contributed by atoms with Crippen LogP contribution in [0.1, 0.15) is 6.92 Å². The van der Waals surface area contributed by atoms with E-state index in [4.69, 9.17) is 10.1 Å². The van der Waals surface area contributed by atoms with Crippen molar-refractivity contribution in [3.05, 3.63) is 0 Å².